The van der Waals surface area contributed by atoms with Crippen LogP contribution in [-0.2, 0) is 0 Å². The van der Waals surface area contributed by atoms with E-state index >= 15 is 0 Å². The Morgan fingerprint density at radius 2 is 2.50 bits per heavy atom. The van der Waals surface area contributed by atoms with Crippen LogP contribution in [0.25, 0.3) is 0 Å². The van der Waals surface area contributed by atoms with Gasteiger partial charge in [-0.15, -0.1) is 0 Å². The van der Waals surface area contributed by atoms with Gasteiger partial charge in [-0.05, 0) is 6.44 Å². The molecule has 0 aliphatic carbocycles. The van der Waals surface area contributed by atoms with Crippen molar-refractivity contribution in [1.29, 1.82) is 0 Å². The van der Waals surface area contributed by atoms with Gasteiger partial charge < -0.3 is 15.0 Å². The Balaban J connectivity index is 2.39. The summed E-state index contributed by atoms with van der Waals surface area (Å²) in [5, 5.41) is 3.15. The van der Waals surface area contributed by atoms with Gasteiger partial charge in [-0.3, -0.25) is 0 Å². The highest BCUT2D eigenvalue weighted by molar-refractivity contribution is 6.10. The number of anilines is 2. The van der Waals surface area contributed by atoms with E-state index in [1.165, 1.54) is 0 Å². The summed E-state index contributed by atoms with van der Waals surface area (Å²) in [5.41, 5.74) is 0. The molecule has 14 heavy (non-hydrogen) atoms. The van der Waals surface area contributed by atoms with Crippen LogP contribution in [0.4, 0.5) is 11.6 Å². The van der Waals surface area contributed by atoms with Crippen LogP contribution in [-0.4, -0.2) is 44.5 Å². The van der Waals surface area contributed by atoms with Gasteiger partial charge in [0.1, 0.15) is 20.8 Å². The molecule has 0 aromatic carbocycles. The molecule has 0 radical (unpaired) electrons. The van der Waals surface area contributed by atoms with Gasteiger partial charge in [-0.1, -0.05) is 0 Å². The second-order valence-electron chi connectivity index (χ2n) is 3.18. The largest absolute Gasteiger partial charge is 0.485 e. The molecule has 1 aliphatic rings. The first-order chi connectivity index (χ1) is 6.83. The van der Waals surface area contributed by atoms with E-state index in [-0.39, 0.29) is 0 Å². The molecule has 0 amide bonds. The third-order valence-corrected chi connectivity index (χ3v) is 2.16. The van der Waals surface area contributed by atoms with Crippen molar-refractivity contribution in [3.63, 3.8) is 0 Å². The summed E-state index contributed by atoms with van der Waals surface area (Å²) in [5.74, 6) is 2.41. The van der Waals surface area contributed by atoms with Gasteiger partial charge in [-0.25, -0.2) is 9.97 Å². The van der Waals surface area contributed by atoms with Gasteiger partial charge >= 0.3 is 0 Å². The van der Waals surface area contributed by atoms with Gasteiger partial charge in [0.25, 0.3) is 0 Å². The SMILES string of the molecule is BCNc1ncnc2c1OCCN2C. The van der Waals surface area contributed by atoms with Gasteiger partial charge in [0.05, 0.1) is 6.54 Å². The maximum absolute atomic E-state index is 5.55. The van der Waals surface area contributed by atoms with Crippen LogP contribution >= 0.6 is 0 Å². The number of likely N-dealkylation sites (N-methyl/N-ethyl adjacent to an activating group) is 1. The number of nitrogens with one attached hydrogen (secondary N) is 1. The van der Waals surface area contributed by atoms with E-state index in [2.05, 4.69) is 20.2 Å². The summed E-state index contributed by atoms with van der Waals surface area (Å²) in [6.07, 6.45) is 2.39. The van der Waals surface area contributed by atoms with Crippen LogP contribution in [0, 0.1) is 0 Å². The minimum absolute atomic E-state index is 0.690. The first-order valence-electron chi connectivity index (χ1n) is 4.75. The predicted octanol–water partition coefficient (Wildman–Crippen LogP) is -0.692. The Kier molecular flexibility index (Phi) is 2.43. The third kappa shape index (κ3) is 1.47. The fraction of sp³-hybridized carbons (Fsp3) is 0.500. The zero-order valence-corrected chi connectivity index (χ0v) is 8.45. The molecule has 0 fully saturated rings. The summed E-state index contributed by atoms with van der Waals surface area (Å²) >= 11 is 0. The number of hydrogen-bond donors (Lipinski definition) is 1. The van der Waals surface area contributed by atoms with Crippen LogP contribution < -0.4 is 15.0 Å². The Morgan fingerprint density at radius 1 is 1.64 bits per heavy atom. The maximum Gasteiger partial charge on any atom is 0.204 e. The van der Waals surface area contributed by atoms with E-state index in [1.807, 2.05) is 14.9 Å². The van der Waals surface area contributed by atoms with E-state index in [9.17, 15) is 0 Å². The molecule has 0 spiro atoms. The smallest absolute Gasteiger partial charge is 0.204 e. The highest BCUT2D eigenvalue weighted by Crippen LogP contribution is 2.33. The van der Waals surface area contributed by atoms with Crippen molar-refractivity contribution in [2.24, 2.45) is 0 Å². The van der Waals surface area contributed by atoms with Crippen LogP contribution in [0.5, 0.6) is 5.75 Å². The first-order valence-corrected chi connectivity index (χ1v) is 4.75. The molecule has 1 aromatic heterocycles. The predicted molar refractivity (Wildman–Crippen MR) is 57.8 cm³/mol. The maximum atomic E-state index is 5.55. The number of ether oxygens (including phenoxy) is 1. The van der Waals surface area contributed by atoms with Crippen LogP contribution in [0.3, 0.4) is 0 Å². The molecule has 1 N–H and O–H groups in total. The second kappa shape index (κ2) is 3.73. The monoisotopic (exact) mass is 192 g/mol. The van der Waals surface area contributed by atoms with Gasteiger partial charge in [0.2, 0.25) is 5.75 Å². The molecule has 0 bridgehead atoms. The van der Waals surface area contributed by atoms with E-state index < -0.39 is 0 Å². The Morgan fingerprint density at radius 3 is 3.29 bits per heavy atom. The quantitative estimate of drug-likeness (QED) is 0.628. The molecule has 74 valence electrons. The van der Waals surface area contributed by atoms with Crippen molar-refractivity contribution in [2.45, 2.75) is 0 Å². The minimum Gasteiger partial charge on any atom is -0.485 e. The fourth-order valence-electron chi connectivity index (χ4n) is 1.45. The van der Waals surface area contributed by atoms with Crippen LogP contribution in [0.1, 0.15) is 0 Å². The normalized spacial score (nSPS) is 14.5. The molecule has 1 aromatic rings. The molecule has 5 nitrogen and oxygen atoms in total. The van der Waals surface area contributed by atoms with Gasteiger partial charge in [0.15, 0.2) is 11.6 Å². The molecule has 0 saturated carbocycles. The highest BCUT2D eigenvalue weighted by atomic mass is 16.5. The van der Waals surface area contributed by atoms with Crippen molar-refractivity contribution < 1.29 is 4.74 Å². The average molecular weight is 192 g/mol. The number of fused-ring (bicyclic) bond motifs is 1. The molecule has 2 heterocycles. The molecule has 0 unspecified atom stereocenters. The molecule has 1 aliphatic heterocycles. The van der Waals surface area contributed by atoms with E-state index in [1.54, 1.807) is 6.33 Å². The van der Waals surface area contributed by atoms with Crippen molar-refractivity contribution >= 4 is 19.5 Å². The molecule has 0 atom stereocenters. The lowest BCUT2D eigenvalue weighted by Gasteiger charge is -2.27. The summed E-state index contributed by atoms with van der Waals surface area (Å²) in [7, 11) is 4.03. The molecular formula is C8H13BN4O. The van der Waals surface area contributed by atoms with Crippen molar-refractivity contribution in [3.05, 3.63) is 6.33 Å². The lowest BCUT2D eigenvalue weighted by Crippen LogP contribution is -2.30. The Labute approximate surface area is 83.9 Å². The number of aromatic nitrogens is 2. The summed E-state index contributed by atoms with van der Waals surface area (Å²) < 4.78 is 5.55. The lowest BCUT2D eigenvalue weighted by molar-refractivity contribution is 0.309. The summed E-state index contributed by atoms with van der Waals surface area (Å²) in [4.78, 5) is 10.4. The number of nitrogens with zero attached hydrogens (tertiary/aromatic N) is 3. The summed E-state index contributed by atoms with van der Waals surface area (Å²) in [6, 6.07) is 0. The molecular weight excluding hydrogens is 179 g/mol. The molecule has 6 heteroatoms. The van der Waals surface area contributed by atoms with Gasteiger partial charge in [-0.2, -0.15) is 0 Å². The van der Waals surface area contributed by atoms with E-state index in [4.69, 9.17) is 4.74 Å². The molecule has 2 rings (SSSR count). The minimum atomic E-state index is 0.690. The average Bonchev–Trinajstić information content (AvgIpc) is 2.20. The number of rotatable bonds is 2. The van der Waals surface area contributed by atoms with Crippen LogP contribution in [0.2, 0.25) is 0 Å². The van der Waals surface area contributed by atoms with E-state index in [0.29, 0.717) is 6.61 Å². The highest BCUT2D eigenvalue weighted by Gasteiger charge is 2.20. The lowest BCUT2D eigenvalue weighted by atomic mass is 10.2. The van der Waals surface area contributed by atoms with Crippen molar-refractivity contribution in [1.82, 2.24) is 9.97 Å². The second-order valence-corrected chi connectivity index (χ2v) is 3.18. The first kappa shape index (κ1) is 9.11. The third-order valence-electron chi connectivity index (χ3n) is 2.16. The zero-order valence-electron chi connectivity index (χ0n) is 8.45. The number of hydrogen-bond acceptors (Lipinski definition) is 5. The summed E-state index contributed by atoms with van der Waals surface area (Å²) in [6.45, 7) is 1.56. The zero-order chi connectivity index (χ0) is 9.97. The Bertz CT molecular complexity index is 333. The van der Waals surface area contributed by atoms with Crippen molar-refractivity contribution in [3.8, 4) is 5.75 Å². The van der Waals surface area contributed by atoms with E-state index in [0.717, 1.165) is 30.4 Å². The van der Waals surface area contributed by atoms with Gasteiger partial charge in [0, 0.05) is 7.05 Å². The molecule has 0 saturated heterocycles. The van der Waals surface area contributed by atoms with Crippen LogP contribution in [0.15, 0.2) is 6.33 Å². The standard InChI is InChI=1S/C8H13BN4O/c1-13-2-3-14-6-7(10-4-9)11-5-12-8(6)13/h5H,2-4,9H2,1H3,(H,10,11,12). The fourth-order valence-corrected chi connectivity index (χ4v) is 1.45. The topological polar surface area (TPSA) is 50.3 Å². The Hall–Kier alpha value is -1.46. The van der Waals surface area contributed by atoms with Crippen molar-refractivity contribution in [2.75, 3.05) is 36.9 Å².